The Morgan fingerprint density at radius 1 is 0.360 bits per heavy atom. The average molecular weight is 334 g/mol. The van der Waals surface area contributed by atoms with Gasteiger partial charge in [0.05, 0.1) is 0 Å². The van der Waals surface area contributed by atoms with E-state index in [-0.39, 0.29) is 0 Å². The molecule has 0 saturated heterocycles. The molecule has 0 aliphatic carbocycles. The first-order valence-corrected chi connectivity index (χ1v) is 10.7. The maximum atomic E-state index is 2.35. The van der Waals surface area contributed by atoms with Crippen molar-refractivity contribution in [1.82, 2.24) is 0 Å². The normalized spacial score (nSPS) is 13.9. The summed E-state index contributed by atoms with van der Waals surface area (Å²) >= 11 is 0. The summed E-state index contributed by atoms with van der Waals surface area (Å²) in [5.74, 6) is 0. The van der Waals surface area contributed by atoms with Gasteiger partial charge in [-0.1, -0.05) is 109 Å². The van der Waals surface area contributed by atoms with Crippen LogP contribution < -0.4 is 20.7 Å². The first-order valence-electron chi connectivity index (χ1n) is 8.73. The molecule has 5 rings (SSSR count). The molecule has 0 fully saturated rings. The number of fused-ring (bicyclic) bond motifs is 3. The van der Waals surface area contributed by atoms with Gasteiger partial charge in [-0.2, -0.15) is 0 Å². The number of rotatable bonds is 2. The Kier molecular flexibility index (Phi) is 3.22. The molecule has 0 nitrogen and oxygen atoms in total. The summed E-state index contributed by atoms with van der Waals surface area (Å²) in [6.45, 7) is 0. The quantitative estimate of drug-likeness (QED) is 0.435. The van der Waals surface area contributed by atoms with Crippen LogP contribution in [0.15, 0.2) is 109 Å². The van der Waals surface area contributed by atoms with Gasteiger partial charge in [0.1, 0.15) is 0 Å². The molecule has 25 heavy (non-hydrogen) atoms. The molecular formula is C24H18Si. The second kappa shape index (κ2) is 5.57. The van der Waals surface area contributed by atoms with Crippen molar-refractivity contribution in [3.63, 3.8) is 0 Å². The maximum Gasteiger partial charge on any atom is 0.180 e. The molecule has 0 spiro atoms. The Bertz CT molecular complexity index is 949. The van der Waals surface area contributed by atoms with Crippen molar-refractivity contribution in [3.05, 3.63) is 109 Å². The molecule has 118 valence electrons. The highest BCUT2D eigenvalue weighted by molar-refractivity contribution is 7.22. The molecule has 1 aliphatic heterocycles. The van der Waals surface area contributed by atoms with Gasteiger partial charge >= 0.3 is 0 Å². The molecule has 1 aliphatic rings. The SMILES string of the molecule is c1ccc([Si]2(c3ccccc3)c3ccccc3-c3ccccc32)cc1. The van der Waals surface area contributed by atoms with E-state index in [0.29, 0.717) is 0 Å². The van der Waals surface area contributed by atoms with Crippen molar-refractivity contribution in [1.29, 1.82) is 0 Å². The van der Waals surface area contributed by atoms with E-state index in [4.69, 9.17) is 0 Å². The van der Waals surface area contributed by atoms with Gasteiger partial charge < -0.3 is 0 Å². The predicted octanol–water partition coefficient (Wildman–Crippen LogP) is 3.04. The van der Waals surface area contributed by atoms with Crippen LogP contribution in [0.1, 0.15) is 0 Å². The highest BCUT2D eigenvalue weighted by atomic mass is 28.3. The predicted molar refractivity (Wildman–Crippen MR) is 109 cm³/mol. The fourth-order valence-corrected chi connectivity index (χ4v) is 9.59. The summed E-state index contributed by atoms with van der Waals surface area (Å²) in [5.41, 5.74) is 2.80. The maximum absolute atomic E-state index is 2.35. The van der Waals surface area contributed by atoms with Crippen LogP contribution in [-0.2, 0) is 0 Å². The smallest absolute Gasteiger partial charge is 0.0623 e. The summed E-state index contributed by atoms with van der Waals surface area (Å²) < 4.78 is 0. The lowest BCUT2D eigenvalue weighted by molar-refractivity contribution is 1.70. The van der Waals surface area contributed by atoms with Crippen molar-refractivity contribution in [2.45, 2.75) is 0 Å². The Morgan fingerprint density at radius 2 is 0.720 bits per heavy atom. The first kappa shape index (κ1) is 14.4. The zero-order valence-electron chi connectivity index (χ0n) is 13.9. The van der Waals surface area contributed by atoms with Crippen LogP contribution in [0.4, 0.5) is 0 Å². The van der Waals surface area contributed by atoms with Gasteiger partial charge in [-0.15, -0.1) is 0 Å². The number of hydrogen-bond acceptors (Lipinski definition) is 0. The van der Waals surface area contributed by atoms with Gasteiger partial charge in [0.15, 0.2) is 8.07 Å². The van der Waals surface area contributed by atoms with E-state index in [2.05, 4.69) is 109 Å². The summed E-state index contributed by atoms with van der Waals surface area (Å²) in [4.78, 5) is 0. The van der Waals surface area contributed by atoms with Crippen LogP contribution >= 0.6 is 0 Å². The van der Waals surface area contributed by atoms with Gasteiger partial charge in [-0.25, -0.2) is 0 Å². The molecule has 0 atom stereocenters. The first-order chi connectivity index (χ1) is 12.4. The zero-order chi connectivity index (χ0) is 16.7. The fourth-order valence-electron chi connectivity index (χ4n) is 4.40. The summed E-state index contributed by atoms with van der Waals surface area (Å²) in [6.07, 6.45) is 0. The lowest BCUT2D eigenvalue weighted by atomic mass is 10.1. The van der Waals surface area contributed by atoms with E-state index in [0.717, 1.165) is 0 Å². The molecule has 0 bridgehead atoms. The van der Waals surface area contributed by atoms with Crippen LogP contribution in [-0.4, -0.2) is 8.07 Å². The molecule has 1 heterocycles. The number of hydrogen-bond donors (Lipinski definition) is 0. The molecule has 0 N–H and O–H groups in total. The topological polar surface area (TPSA) is 0 Å². The third-order valence-electron chi connectivity index (χ3n) is 5.37. The van der Waals surface area contributed by atoms with Crippen LogP contribution in [0.25, 0.3) is 11.1 Å². The van der Waals surface area contributed by atoms with E-state index >= 15 is 0 Å². The summed E-state index contributed by atoms with van der Waals surface area (Å²) in [5, 5.41) is 5.93. The van der Waals surface area contributed by atoms with E-state index in [9.17, 15) is 0 Å². The molecular weight excluding hydrogens is 316 g/mol. The van der Waals surface area contributed by atoms with Gasteiger partial charge in [-0.05, 0) is 31.9 Å². The fraction of sp³-hybridized carbons (Fsp3) is 0. The van der Waals surface area contributed by atoms with Crippen molar-refractivity contribution < 1.29 is 0 Å². The Balaban J connectivity index is 1.98. The van der Waals surface area contributed by atoms with E-state index in [1.54, 1.807) is 0 Å². The zero-order valence-corrected chi connectivity index (χ0v) is 14.9. The molecule has 1 heteroatoms. The summed E-state index contributed by atoms with van der Waals surface area (Å²) in [7, 11) is -2.23. The van der Waals surface area contributed by atoms with Crippen molar-refractivity contribution in [3.8, 4) is 11.1 Å². The molecule has 0 amide bonds. The van der Waals surface area contributed by atoms with Crippen LogP contribution in [0.2, 0.25) is 0 Å². The van der Waals surface area contributed by atoms with Gasteiger partial charge in [-0.3, -0.25) is 0 Å². The molecule has 0 unspecified atom stereocenters. The largest absolute Gasteiger partial charge is 0.180 e. The minimum Gasteiger partial charge on any atom is -0.0623 e. The molecule has 0 radical (unpaired) electrons. The molecule has 4 aromatic rings. The Labute approximate surface area is 149 Å². The highest BCUT2D eigenvalue weighted by Gasteiger charge is 2.48. The third kappa shape index (κ3) is 1.93. The standard InChI is InChI=1S/C24H18Si/c1-3-11-19(12-4-1)25(20-13-5-2-6-14-20)23-17-9-7-15-21(23)22-16-8-10-18-24(22)25/h1-18H. The van der Waals surface area contributed by atoms with Crippen molar-refractivity contribution in [2.75, 3.05) is 0 Å². The van der Waals surface area contributed by atoms with E-state index in [1.165, 1.54) is 31.9 Å². The molecule has 4 aromatic carbocycles. The van der Waals surface area contributed by atoms with E-state index < -0.39 is 8.07 Å². The second-order valence-electron chi connectivity index (χ2n) is 6.57. The second-order valence-corrected chi connectivity index (χ2v) is 10.3. The third-order valence-corrected chi connectivity index (χ3v) is 10.3. The van der Waals surface area contributed by atoms with Crippen molar-refractivity contribution in [2.24, 2.45) is 0 Å². The molecule has 0 aromatic heterocycles. The summed E-state index contributed by atoms with van der Waals surface area (Å²) in [6, 6.07) is 40.2. The van der Waals surface area contributed by atoms with Crippen LogP contribution in [0.5, 0.6) is 0 Å². The van der Waals surface area contributed by atoms with E-state index in [1.807, 2.05) is 0 Å². The van der Waals surface area contributed by atoms with Gasteiger partial charge in [0, 0.05) is 0 Å². The monoisotopic (exact) mass is 334 g/mol. The molecule has 0 saturated carbocycles. The van der Waals surface area contributed by atoms with Gasteiger partial charge in [0.25, 0.3) is 0 Å². The van der Waals surface area contributed by atoms with Crippen LogP contribution in [0, 0.1) is 0 Å². The highest BCUT2D eigenvalue weighted by Crippen LogP contribution is 2.27. The minimum atomic E-state index is -2.23. The lowest BCUT2D eigenvalue weighted by Crippen LogP contribution is -2.72. The average Bonchev–Trinajstić information content (AvgIpc) is 3.01. The van der Waals surface area contributed by atoms with Crippen molar-refractivity contribution >= 4 is 28.8 Å². The van der Waals surface area contributed by atoms with Crippen LogP contribution in [0.3, 0.4) is 0 Å². The minimum absolute atomic E-state index is 1.40. The Morgan fingerprint density at radius 3 is 1.16 bits per heavy atom. The number of benzene rings is 4. The van der Waals surface area contributed by atoms with Gasteiger partial charge in [0.2, 0.25) is 0 Å². The lowest BCUT2D eigenvalue weighted by Gasteiger charge is -2.31. The Hall–Kier alpha value is -2.90.